The maximum absolute atomic E-state index is 13.8. The van der Waals surface area contributed by atoms with Gasteiger partial charge in [0, 0.05) is 46.4 Å². The van der Waals surface area contributed by atoms with Gasteiger partial charge in [-0.2, -0.15) is 0 Å². The summed E-state index contributed by atoms with van der Waals surface area (Å²) in [4.78, 5) is 39.5. The van der Waals surface area contributed by atoms with Crippen molar-refractivity contribution in [1.82, 2.24) is 15.3 Å². The number of nitrogens with zero attached hydrogens (tertiary/aromatic N) is 3. The van der Waals surface area contributed by atoms with E-state index in [0.29, 0.717) is 30.6 Å². The first-order chi connectivity index (χ1) is 18.1. The third-order valence-corrected chi connectivity index (χ3v) is 8.49. The second kappa shape index (κ2) is 8.92. The fourth-order valence-corrected chi connectivity index (χ4v) is 6.08. The number of hydrogen-bond donors (Lipinski definition) is 1. The smallest absolute Gasteiger partial charge is 0.276 e. The summed E-state index contributed by atoms with van der Waals surface area (Å²) in [5, 5.41) is 3.09. The Hall–Kier alpha value is -3.84. The number of benzene rings is 1. The van der Waals surface area contributed by atoms with Crippen LogP contribution in [0, 0.1) is 0 Å². The Balaban J connectivity index is 1.19. The van der Waals surface area contributed by atoms with Crippen LogP contribution in [0.4, 0.5) is 5.69 Å². The zero-order valence-corrected chi connectivity index (χ0v) is 21.1. The molecule has 3 aromatic heterocycles. The van der Waals surface area contributed by atoms with Crippen LogP contribution in [-0.2, 0) is 6.42 Å². The molecule has 0 spiro atoms. The minimum Gasteiger partial charge on any atom is -0.349 e. The normalized spacial score (nSPS) is 16.5. The molecule has 1 aliphatic heterocycles. The van der Waals surface area contributed by atoms with Crippen molar-refractivity contribution >= 4 is 28.8 Å². The van der Waals surface area contributed by atoms with E-state index in [-0.39, 0.29) is 11.8 Å². The van der Waals surface area contributed by atoms with E-state index in [4.69, 9.17) is 4.98 Å². The number of pyridine rings is 2. The van der Waals surface area contributed by atoms with Gasteiger partial charge < -0.3 is 10.2 Å². The molecule has 0 atom stereocenters. The molecule has 184 valence electrons. The molecule has 2 saturated carbocycles. The van der Waals surface area contributed by atoms with Crippen LogP contribution in [-0.4, -0.2) is 34.4 Å². The molecular weight excluding hydrogens is 480 g/mol. The Bertz CT molecular complexity index is 1520. The van der Waals surface area contributed by atoms with Crippen molar-refractivity contribution in [2.45, 2.75) is 44.1 Å². The lowest BCUT2D eigenvalue weighted by Crippen LogP contribution is -2.33. The SMILES string of the molecule is O=C(NC1CC1)c1cc2c(s1)-c1ccccc1N(C(=O)c1cccc(-c3ccc(C4CC4)nc3)n1)CC2. The number of amides is 2. The Morgan fingerprint density at radius 2 is 1.84 bits per heavy atom. The van der Waals surface area contributed by atoms with Gasteiger partial charge >= 0.3 is 0 Å². The summed E-state index contributed by atoms with van der Waals surface area (Å²) in [5.41, 5.74) is 6.15. The van der Waals surface area contributed by atoms with Crippen molar-refractivity contribution in [3.63, 3.8) is 0 Å². The number of hydrogen-bond acceptors (Lipinski definition) is 5. The summed E-state index contributed by atoms with van der Waals surface area (Å²) in [7, 11) is 0. The molecule has 6 nitrogen and oxygen atoms in total. The van der Waals surface area contributed by atoms with Crippen molar-refractivity contribution in [3.8, 4) is 21.7 Å². The molecule has 2 fully saturated rings. The Morgan fingerprint density at radius 3 is 2.62 bits per heavy atom. The zero-order chi connectivity index (χ0) is 24.9. The lowest BCUT2D eigenvalue weighted by molar-refractivity contribution is 0.0952. The van der Waals surface area contributed by atoms with Gasteiger partial charge in [0.05, 0.1) is 16.3 Å². The van der Waals surface area contributed by atoms with Crippen LogP contribution in [0.25, 0.3) is 21.7 Å². The fraction of sp³-hybridized carbons (Fsp3) is 0.267. The van der Waals surface area contributed by atoms with Gasteiger partial charge in [-0.05, 0) is 74.1 Å². The van der Waals surface area contributed by atoms with Gasteiger partial charge in [0.1, 0.15) is 5.69 Å². The van der Waals surface area contributed by atoms with Gasteiger partial charge in [-0.3, -0.25) is 14.6 Å². The summed E-state index contributed by atoms with van der Waals surface area (Å²) < 4.78 is 0. The molecule has 2 amide bonds. The summed E-state index contributed by atoms with van der Waals surface area (Å²) in [6.45, 7) is 0.521. The van der Waals surface area contributed by atoms with E-state index in [1.165, 1.54) is 24.2 Å². The van der Waals surface area contributed by atoms with E-state index in [2.05, 4.69) is 16.4 Å². The number of anilines is 1. The van der Waals surface area contributed by atoms with Gasteiger partial charge in [0.25, 0.3) is 11.8 Å². The van der Waals surface area contributed by atoms with Gasteiger partial charge in [0.15, 0.2) is 0 Å². The van der Waals surface area contributed by atoms with Crippen molar-refractivity contribution in [3.05, 3.63) is 88.7 Å². The number of fused-ring (bicyclic) bond motifs is 3. The van der Waals surface area contributed by atoms with Crippen LogP contribution in [0.1, 0.15) is 63.0 Å². The number of nitrogens with one attached hydrogen (secondary N) is 1. The lowest BCUT2D eigenvalue weighted by Gasteiger charge is -2.23. The molecule has 0 bridgehead atoms. The van der Waals surface area contributed by atoms with Crippen molar-refractivity contribution in [2.75, 3.05) is 11.4 Å². The number of aromatic nitrogens is 2. The molecule has 4 heterocycles. The molecule has 0 radical (unpaired) electrons. The maximum Gasteiger partial charge on any atom is 0.276 e. The van der Waals surface area contributed by atoms with Gasteiger partial charge in [0.2, 0.25) is 0 Å². The van der Waals surface area contributed by atoms with E-state index in [1.807, 2.05) is 59.6 Å². The minimum absolute atomic E-state index is 0.00616. The van der Waals surface area contributed by atoms with Crippen molar-refractivity contribution in [1.29, 1.82) is 0 Å². The Labute approximate surface area is 219 Å². The highest BCUT2D eigenvalue weighted by atomic mass is 32.1. The van der Waals surface area contributed by atoms with Crippen LogP contribution in [0.2, 0.25) is 0 Å². The van der Waals surface area contributed by atoms with E-state index in [0.717, 1.165) is 56.4 Å². The van der Waals surface area contributed by atoms with Crippen LogP contribution < -0.4 is 10.2 Å². The van der Waals surface area contributed by atoms with E-state index >= 15 is 0 Å². The number of para-hydroxylation sites is 1. The number of rotatable bonds is 5. The second-order valence-electron chi connectivity index (χ2n) is 10.1. The molecule has 1 N–H and O–H groups in total. The first kappa shape index (κ1) is 22.4. The third-order valence-electron chi connectivity index (χ3n) is 7.28. The fourth-order valence-electron chi connectivity index (χ4n) is 4.93. The minimum atomic E-state index is -0.126. The largest absolute Gasteiger partial charge is 0.349 e. The second-order valence-corrected chi connectivity index (χ2v) is 11.1. The molecule has 4 aromatic rings. The van der Waals surface area contributed by atoms with Gasteiger partial charge in [-0.15, -0.1) is 11.3 Å². The van der Waals surface area contributed by atoms with Crippen LogP contribution in [0.3, 0.4) is 0 Å². The molecule has 1 aromatic carbocycles. The molecule has 3 aliphatic rings. The quantitative estimate of drug-likeness (QED) is 0.369. The first-order valence-corrected chi connectivity index (χ1v) is 13.7. The Kier molecular flexibility index (Phi) is 5.39. The number of carbonyl (C=O) groups is 2. The average molecular weight is 507 g/mol. The molecule has 2 aliphatic carbocycles. The average Bonchev–Trinajstić information content (AvgIpc) is 3.87. The summed E-state index contributed by atoms with van der Waals surface area (Å²) in [5.74, 6) is 0.482. The third kappa shape index (κ3) is 4.33. The molecular formula is C30H26N4O2S. The Morgan fingerprint density at radius 1 is 0.973 bits per heavy atom. The van der Waals surface area contributed by atoms with Crippen LogP contribution in [0.15, 0.2) is 66.9 Å². The number of carbonyl (C=O) groups excluding carboxylic acids is 2. The predicted molar refractivity (Wildman–Crippen MR) is 145 cm³/mol. The van der Waals surface area contributed by atoms with Crippen LogP contribution >= 0.6 is 11.3 Å². The monoisotopic (exact) mass is 506 g/mol. The lowest BCUT2D eigenvalue weighted by atomic mass is 10.1. The van der Waals surface area contributed by atoms with Crippen molar-refractivity contribution in [2.24, 2.45) is 0 Å². The van der Waals surface area contributed by atoms with Gasteiger partial charge in [-0.25, -0.2) is 4.98 Å². The number of thiophene rings is 1. The highest BCUT2D eigenvalue weighted by molar-refractivity contribution is 7.17. The standard InChI is InChI=1S/C30H26N4O2S/c35-29(32-21-11-12-21)27-16-19-14-15-34(26-7-2-1-4-22(26)28(19)37-27)30(36)25-6-3-5-24(33-25)20-10-13-23(31-17-20)18-8-9-18/h1-7,10,13,16-18,21H,8-9,11-12,14-15H2,(H,32,35). The zero-order valence-electron chi connectivity index (χ0n) is 20.3. The highest BCUT2D eigenvalue weighted by Crippen LogP contribution is 2.42. The van der Waals surface area contributed by atoms with Gasteiger partial charge in [-0.1, -0.05) is 24.3 Å². The first-order valence-electron chi connectivity index (χ1n) is 12.9. The van der Waals surface area contributed by atoms with E-state index in [9.17, 15) is 9.59 Å². The molecule has 37 heavy (non-hydrogen) atoms. The molecule has 0 saturated heterocycles. The summed E-state index contributed by atoms with van der Waals surface area (Å²) in [6, 6.07) is 20.0. The van der Waals surface area contributed by atoms with E-state index < -0.39 is 0 Å². The summed E-state index contributed by atoms with van der Waals surface area (Å²) >= 11 is 1.51. The van der Waals surface area contributed by atoms with Crippen LogP contribution in [0.5, 0.6) is 0 Å². The highest BCUT2D eigenvalue weighted by Gasteiger charge is 2.30. The summed E-state index contributed by atoms with van der Waals surface area (Å²) in [6.07, 6.45) is 7.10. The molecule has 0 unspecified atom stereocenters. The molecule has 7 rings (SSSR count). The molecule has 7 heteroatoms. The van der Waals surface area contributed by atoms with Crippen molar-refractivity contribution < 1.29 is 9.59 Å². The predicted octanol–water partition coefficient (Wildman–Crippen LogP) is 5.84. The maximum atomic E-state index is 13.8. The topological polar surface area (TPSA) is 75.2 Å². The van der Waals surface area contributed by atoms with E-state index in [1.54, 1.807) is 6.07 Å².